The standard InChI is InChI=1S/C39H43F3N8O2/c1-43-37(52)32-12-3-4-13-34(32)47-36-33(39(40,41)42)24-45-38(48-36)46-29-16-14-26(15-17-29)23-44-30-10-5-8-27(22-30)28-9-6-21-50(25-28)35(51)19-18-31-11-7-20-49(31)2/h3-5,8,10,12-19,22,24,28,31,44H,6-7,9,11,20-21,23,25H2,1-2H3,(H,43,52)(H2,45,46,47,48)/b19-18+. The SMILES string of the molecule is CNC(=O)c1ccccc1Nc1nc(Nc2ccc(CNc3cccc(C4CCCN(C(=O)/C=C/C5CCCN5C)C4)c3)cc2)ncc1C(F)(F)F. The molecule has 6 rings (SSSR count). The minimum Gasteiger partial charge on any atom is -0.381 e. The first-order chi connectivity index (χ1) is 25.1. The lowest BCUT2D eigenvalue weighted by atomic mass is 9.90. The number of benzene rings is 3. The smallest absolute Gasteiger partial charge is 0.381 e. The van der Waals surface area contributed by atoms with Crippen LogP contribution in [0.3, 0.4) is 0 Å². The van der Waals surface area contributed by atoms with E-state index in [1.165, 1.54) is 31.2 Å². The number of likely N-dealkylation sites (N-methyl/N-ethyl adjacent to an activating group) is 1. The Morgan fingerprint density at radius 1 is 0.942 bits per heavy atom. The number of likely N-dealkylation sites (tertiary alicyclic amines) is 2. The maximum Gasteiger partial charge on any atom is 0.421 e. The van der Waals surface area contributed by atoms with Gasteiger partial charge in [-0.25, -0.2) is 4.98 Å². The summed E-state index contributed by atoms with van der Waals surface area (Å²) in [5.74, 6) is -0.632. The molecular weight excluding hydrogens is 669 g/mol. The molecule has 2 amide bonds. The molecule has 13 heteroatoms. The van der Waals surface area contributed by atoms with Crippen LogP contribution in [0.2, 0.25) is 0 Å². The third kappa shape index (κ3) is 9.07. The van der Waals surface area contributed by atoms with Gasteiger partial charge in [-0.05, 0) is 86.8 Å². The van der Waals surface area contributed by atoms with E-state index in [9.17, 15) is 22.8 Å². The fourth-order valence-electron chi connectivity index (χ4n) is 6.67. The number of alkyl halides is 3. The molecular formula is C39H43F3N8O2. The van der Waals surface area contributed by atoms with Crippen LogP contribution < -0.4 is 21.3 Å². The van der Waals surface area contributed by atoms with Crippen LogP contribution in [0.4, 0.5) is 42.0 Å². The van der Waals surface area contributed by atoms with E-state index in [-0.39, 0.29) is 29.0 Å². The number of para-hydroxylation sites is 1. The van der Waals surface area contributed by atoms with Crippen molar-refractivity contribution in [2.45, 2.75) is 50.4 Å². The second-order valence-corrected chi connectivity index (χ2v) is 13.2. The number of nitrogens with zero attached hydrogens (tertiary/aromatic N) is 4. The van der Waals surface area contributed by atoms with Crippen molar-refractivity contribution < 1.29 is 22.8 Å². The second kappa shape index (κ2) is 16.3. The van der Waals surface area contributed by atoms with E-state index < -0.39 is 23.5 Å². The van der Waals surface area contributed by atoms with Gasteiger partial charge in [0.25, 0.3) is 5.91 Å². The maximum atomic E-state index is 13.9. The van der Waals surface area contributed by atoms with Gasteiger partial charge in [0.15, 0.2) is 0 Å². The number of halogens is 3. The largest absolute Gasteiger partial charge is 0.421 e. The molecule has 0 radical (unpaired) electrons. The molecule has 10 nitrogen and oxygen atoms in total. The van der Waals surface area contributed by atoms with E-state index >= 15 is 0 Å². The zero-order valence-corrected chi connectivity index (χ0v) is 29.2. The number of hydrogen-bond acceptors (Lipinski definition) is 8. The molecule has 0 aliphatic carbocycles. The molecule has 3 aromatic carbocycles. The topological polar surface area (TPSA) is 115 Å². The fourth-order valence-corrected chi connectivity index (χ4v) is 6.67. The van der Waals surface area contributed by atoms with Crippen LogP contribution in [0.25, 0.3) is 0 Å². The number of carbonyl (C=O) groups is 2. The summed E-state index contributed by atoms with van der Waals surface area (Å²) in [6, 6.07) is 22.3. The lowest BCUT2D eigenvalue weighted by molar-refractivity contribution is -0.137. The van der Waals surface area contributed by atoms with Crippen LogP contribution >= 0.6 is 0 Å². The summed E-state index contributed by atoms with van der Waals surface area (Å²) in [6.45, 7) is 3.10. The van der Waals surface area contributed by atoms with Crippen molar-refractivity contribution >= 4 is 40.6 Å². The number of piperidine rings is 1. The minimum atomic E-state index is -4.73. The molecule has 1 aromatic heterocycles. The summed E-state index contributed by atoms with van der Waals surface area (Å²) in [4.78, 5) is 37.6. The highest BCUT2D eigenvalue weighted by atomic mass is 19.4. The number of amides is 2. The molecule has 0 saturated carbocycles. The molecule has 2 saturated heterocycles. The Balaban J connectivity index is 1.07. The van der Waals surface area contributed by atoms with Crippen molar-refractivity contribution in [3.63, 3.8) is 0 Å². The van der Waals surface area contributed by atoms with Crippen molar-refractivity contribution in [3.05, 3.63) is 113 Å². The summed E-state index contributed by atoms with van der Waals surface area (Å²) in [7, 11) is 3.55. The average Bonchev–Trinajstić information content (AvgIpc) is 3.57. The van der Waals surface area contributed by atoms with E-state index in [1.54, 1.807) is 30.3 Å². The van der Waals surface area contributed by atoms with Gasteiger partial charge in [0.1, 0.15) is 11.4 Å². The van der Waals surface area contributed by atoms with E-state index in [4.69, 9.17) is 0 Å². The molecule has 4 N–H and O–H groups in total. The number of carbonyl (C=O) groups excluding carboxylic acids is 2. The molecule has 0 spiro atoms. The lowest BCUT2D eigenvalue weighted by Crippen LogP contribution is -2.38. The van der Waals surface area contributed by atoms with Gasteiger partial charge in [-0.2, -0.15) is 18.2 Å². The summed E-state index contributed by atoms with van der Waals surface area (Å²) < 4.78 is 41.6. The Morgan fingerprint density at radius 2 is 1.73 bits per heavy atom. The minimum absolute atomic E-state index is 0.0453. The molecule has 2 aliphatic heterocycles. The first kappa shape index (κ1) is 36.4. The van der Waals surface area contributed by atoms with Crippen molar-refractivity contribution in [2.24, 2.45) is 0 Å². The Bertz CT molecular complexity index is 1900. The van der Waals surface area contributed by atoms with Gasteiger partial charge in [-0.3, -0.25) is 14.5 Å². The Labute approximate surface area is 301 Å². The van der Waals surface area contributed by atoms with Gasteiger partial charge in [0.05, 0.1) is 11.3 Å². The molecule has 52 heavy (non-hydrogen) atoms. The molecule has 2 atom stereocenters. The lowest BCUT2D eigenvalue weighted by Gasteiger charge is -2.32. The second-order valence-electron chi connectivity index (χ2n) is 13.2. The highest BCUT2D eigenvalue weighted by molar-refractivity contribution is 6.00. The van der Waals surface area contributed by atoms with Crippen molar-refractivity contribution in [1.82, 2.24) is 25.1 Å². The van der Waals surface area contributed by atoms with Gasteiger partial charge in [-0.1, -0.05) is 42.5 Å². The first-order valence-electron chi connectivity index (χ1n) is 17.5. The van der Waals surface area contributed by atoms with Crippen molar-refractivity contribution in [3.8, 4) is 0 Å². The van der Waals surface area contributed by atoms with Crippen LogP contribution in [0.15, 0.2) is 91.1 Å². The number of anilines is 5. The van der Waals surface area contributed by atoms with E-state index in [0.717, 1.165) is 43.6 Å². The Kier molecular flexibility index (Phi) is 11.4. The number of hydrogen-bond donors (Lipinski definition) is 4. The van der Waals surface area contributed by atoms with Crippen LogP contribution in [0.5, 0.6) is 0 Å². The first-order valence-corrected chi connectivity index (χ1v) is 17.5. The molecule has 2 fully saturated rings. The number of rotatable bonds is 11. The van der Waals surface area contributed by atoms with Gasteiger partial charge < -0.3 is 26.2 Å². The predicted octanol–water partition coefficient (Wildman–Crippen LogP) is 7.31. The Morgan fingerprint density at radius 3 is 2.48 bits per heavy atom. The predicted molar refractivity (Wildman–Crippen MR) is 197 cm³/mol. The average molecular weight is 713 g/mol. The van der Waals surface area contributed by atoms with Crippen LogP contribution in [0, 0.1) is 0 Å². The van der Waals surface area contributed by atoms with Gasteiger partial charge >= 0.3 is 6.18 Å². The highest BCUT2D eigenvalue weighted by Gasteiger charge is 2.36. The van der Waals surface area contributed by atoms with Crippen LogP contribution in [0.1, 0.15) is 58.6 Å². The molecule has 2 aliphatic rings. The van der Waals surface area contributed by atoms with Crippen LogP contribution in [-0.4, -0.2) is 71.4 Å². The van der Waals surface area contributed by atoms with Crippen molar-refractivity contribution in [1.29, 1.82) is 0 Å². The summed E-state index contributed by atoms with van der Waals surface area (Å²) in [5, 5.41) is 11.6. The zero-order chi connectivity index (χ0) is 36.7. The van der Waals surface area contributed by atoms with E-state index in [0.29, 0.717) is 31.0 Å². The van der Waals surface area contributed by atoms with Crippen molar-refractivity contribution in [2.75, 3.05) is 49.7 Å². The maximum absolute atomic E-state index is 13.9. The molecule has 2 unspecified atom stereocenters. The van der Waals surface area contributed by atoms with E-state index in [1.807, 2.05) is 29.2 Å². The fraction of sp³-hybridized carbons (Fsp3) is 0.333. The van der Waals surface area contributed by atoms with Crippen LogP contribution in [-0.2, 0) is 17.5 Å². The monoisotopic (exact) mass is 712 g/mol. The molecule has 4 aromatic rings. The van der Waals surface area contributed by atoms with Gasteiger partial charge in [0.2, 0.25) is 11.9 Å². The number of nitrogens with one attached hydrogen (secondary N) is 4. The number of aromatic nitrogens is 2. The highest BCUT2D eigenvalue weighted by Crippen LogP contribution is 2.36. The summed E-state index contributed by atoms with van der Waals surface area (Å²) in [5.41, 5.74) is 3.03. The summed E-state index contributed by atoms with van der Waals surface area (Å²) >= 11 is 0. The zero-order valence-electron chi connectivity index (χ0n) is 29.2. The molecule has 272 valence electrons. The Hall–Kier alpha value is -5.43. The third-order valence-electron chi connectivity index (χ3n) is 9.58. The van der Waals surface area contributed by atoms with Gasteiger partial charge in [-0.15, -0.1) is 0 Å². The summed E-state index contributed by atoms with van der Waals surface area (Å²) in [6.07, 6.45) is 4.06. The van der Waals surface area contributed by atoms with Gasteiger partial charge in [0, 0.05) is 62.3 Å². The third-order valence-corrected chi connectivity index (χ3v) is 9.58. The normalized spacial score (nSPS) is 18.0. The quantitative estimate of drug-likeness (QED) is 0.120. The molecule has 3 heterocycles. The molecule has 0 bridgehead atoms. The van der Waals surface area contributed by atoms with E-state index in [2.05, 4.69) is 61.4 Å².